The molecule has 1 saturated heterocycles. The quantitative estimate of drug-likeness (QED) is 0.768. The second kappa shape index (κ2) is 6.61. The number of aliphatic hydroxyl groups excluding tert-OH is 1. The van der Waals surface area contributed by atoms with E-state index in [4.69, 9.17) is 0 Å². The van der Waals surface area contributed by atoms with Gasteiger partial charge in [0.05, 0.1) is 6.04 Å². The maximum Gasteiger partial charge on any atom is 0.405 e. The third kappa shape index (κ3) is 3.09. The first-order valence-electron chi connectivity index (χ1n) is 9.20. The highest BCUT2D eigenvalue weighted by Gasteiger charge is 2.58. The van der Waals surface area contributed by atoms with Gasteiger partial charge >= 0.3 is 6.18 Å². The normalized spacial score (nSPS) is 28.8. The fourth-order valence-corrected chi connectivity index (χ4v) is 4.51. The molecule has 0 spiro atoms. The monoisotopic (exact) mass is 399 g/mol. The van der Waals surface area contributed by atoms with Crippen molar-refractivity contribution >= 4 is 11.8 Å². The highest BCUT2D eigenvalue weighted by Crippen LogP contribution is 2.51. The molecule has 3 aliphatic rings. The molecular formula is C18H20F3N3O4. The van der Waals surface area contributed by atoms with Gasteiger partial charge in [-0.2, -0.15) is 13.2 Å². The molecule has 7 nitrogen and oxygen atoms in total. The average Bonchev–Trinajstić information content (AvgIpc) is 3.33. The summed E-state index contributed by atoms with van der Waals surface area (Å²) in [5, 5.41) is 11.8. The molecule has 4 rings (SSSR count). The topological polar surface area (TPSA) is 91.6 Å². The van der Waals surface area contributed by atoms with Gasteiger partial charge < -0.3 is 19.9 Å². The van der Waals surface area contributed by atoms with Crippen LogP contribution in [0.25, 0.3) is 0 Å². The summed E-state index contributed by atoms with van der Waals surface area (Å²) in [6.45, 7) is -1.76. The molecule has 0 bridgehead atoms. The van der Waals surface area contributed by atoms with Crippen molar-refractivity contribution in [1.29, 1.82) is 0 Å². The Morgan fingerprint density at radius 2 is 1.96 bits per heavy atom. The lowest BCUT2D eigenvalue weighted by molar-refractivity contribution is -0.147. The summed E-state index contributed by atoms with van der Waals surface area (Å²) in [5.41, 5.74) is 0.302. The molecule has 3 heterocycles. The zero-order chi connectivity index (χ0) is 20.2. The molecule has 28 heavy (non-hydrogen) atoms. The fraction of sp³-hybridized carbons (Fsp3) is 0.611. The average molecular weight is 399 g/mol. The van der Waals surface area contributed by atoms with Crippen LogP contribution in [0.1, 0.15) is 24.6 Å². The van der Waals surface area contributed by atoms with Crippen LogP contribution in [-0.2, 0) is 16.1 Å². The lowest BCUT2D eigenvalue weighted by atomic mass is 9.88. The summed E-state index contributed by atoms with van der Waals surface area (Å²) < 4.78 is 39.2. The Hall–Kier alpha value is -2.36. The third-order valence-electron chi connectivity index (χ3n) is 5.86. The Morgan fingerprint density at radius 1 is 1.25 bits per heavy atom. The largest absolute Gasteiger partial charge is 0.405 e. The van der Waals surface area contributed by atoms with Gasteiger partial charge in [0.15, 0.2) is 0 Å². The number of carbonyl (C=O) groups excluding carboxylic acids is 2. The van der Waals surface area contributed by atoms with Crippen LogP contribution >= 0.6 is 0 Å². The van der Waals surface area contributed by atoms with E-state index in [1.54, 1.807) is 12.1 Å². The second-order valence-electron chi connectivity index (χ2n) is 7.65. The van der Waals surface area contributed by atoms with Crippen molar-refractivity contribution in [3.63, 3.8) is 0 Å². The van der Waals surface area contributed by atoms with Crippen LogP contribution in [0, 0.1) is 17.8 Å². The minimum atomic E-state index is -4.58. The van der Waals surface area contributed by atoms with E-state index in [9.17, 15) is 32.7 Å². The smallest absolute Gasteiger partial charge is 0.396 e. The highest BCUT2D eigenvalue weighted by molar-refractivity contribution is 5.91. The highest BCUT2D eigenvalue weighted by atomic mass is 19.4. The van der Waals surface area contributed by atoms with Crippen LogP contribution in [0.5, 0.6) is 0 Å². The summed E-state index contributed by atoms with van der Waals surface area (Å²) in [6, 6.07) is 2.82. The number of aromatic nitrogens is 1. The van der Waals surface area contributed by atoms with Gasteiger partial charge in [-0.25, -0.2) is 0 Å². The molecule has 2 aliphatic heterocycles. The number of alkyl halides is 3. The number of pyridine rings is 1. The number of fused-ring (bicyclic) bond motifs is 3. The third-order valence-corrected chi connectivity index (χ3v) is 5.86. The molecule has 1 aromatic heterocycles. The Balaban J connectivity index is 1.72. The number of hydrogen-bond acceptors (Lipinski definition) is 4. The van der Waals surface area contributed by atoms with E-state index in [0.717, 1.165) is 0 Å². The van der Waals surface area contributed by atoms with Gasteiger partial charge in [-0.1, -0.05) is 6.07 Å². The molecular weight excluding hydrogens is 379 g/mol. The molecule has 1 saturated carbocycles. The standard InChI is InChI=1S/C18H20F3N3O4/c19-18(20,21)8-22-16(27)15-11(7-25)10-6-23-12(2-1-3-13(23)26)14(10)24(15)17(28)9-4-5-9/h1-3,9-11,14-15,25H,4-8H2,(H,22,27)/t10-,11-,14+,15-/m1/s1. The molecule has 2 amide bonds. The maximum atomic E-state index is 13.0. The minimum Gasteiger partial charge on any atom is -0.396 e. The van der Waals surface area contributed by atoms with Gasteiger partial charge in [-0.05, 0) is 18.9 Å². The van der Waals surface area contributed by atoms with Gasteiger partial charge in [0.1, 0.15) is 12.6 Å². The van der Waals surface area contributed by atoms with E-state index < -0.39 is 49.2 Å². The lowest BCUT2D eigenvalue weighted by Gasteiger charge is -2.31. The van der Waals surface area contributed by atoms with E-state index in [2.05, 4.69) is 0 Å². The molecule has 0 aromatic carbocycles. The molecule has 2 fully saturated rings. The van der Waals surface area contributed by atoms with Crippen LogP contribution in [0.4, 0.5) is 13.2 Å². The number of nitrogens with zero attached hydrogens (tertiary/aromatic N) is 2. The second-order valence-corrected chi connectivity index (χ2v) is 7.65. The number of carbonyl (C=O) groups is 2. The lowest BCUT2D eigenvalue weighted by Crippen LogP contribution is -2.52. The summed E-state index contributed by atoms with van der Waals surface area (Å²) in [4.78, 5) is 39.1. The summed E-state index contributed by atoms with van der Waals surface area (Å²) in [6.07, 6.45) is -3.26. The number of nitrogens with one attached hydrogen (secondary N) is 1. The van der Waals surface area contributed by atoms with E-state index in [0.29, 0.717) is 18.5 Å². The molecule has 1 aliphatic carbocycles. The van der Waals surface area contributed by atoms with Gasteiger partial charge in [0.25, 0.3) is 5.56 Å². The van der Waals surface area contributed by atoms with E-state index >= 15 is 0 Å². The Bertz CT molecular complexity index is 864. The van der Waals surface area contributed by atoms with Crippen molar-refractivity contribution in [3.05, 3.63) is 34.2 Å². The zero-order valence-corrected chi connectivity index (χ0v) is 14.9. The van der Waals surface area contributed by atoms with Crippen LogP contribution in [-0.4, -0.2) is 51.8 Å². The van der Waals surface area contributed by atoms with Crippen molar-refractivity contribution in [2.24, 2.45) is 17.8 Å². The van der Waals surface area contributed by atoms with Crippen molar-refractivity contribution < 1.29 is 27.9 Å². The van der Waals surface area contributed by atoms with Crippen molar-refractivity contribution in [2.45, 2.75) is 37.6 Å². The molecule has 152 valence electrons. The molecule has 2 N–H and O–H groups in total. The Morgan fingerprint density at radius 3 is 2.57 bits per heavy atom. The van der Waals surface area contributed by atoms with Gasteiger partial charge in [0.2, 0.25) is 11.8 Å². The summed E-state index contributed by atoms with van der Waals surface area (Å²) in [5.74, 6) is -2.65. The fourth-order valence-electron chi connectivity index (χ4n) is 4.51. The van der Waals surface area contributed by atoms with E-state index in [1.165, 1.54) is 15.5 Å². The number of aliphatic hydroxyl groups is 1. The van der Waals surface area contributed by atoms with E-state index in [-0.39, 0.29) is 23.9 Å². The number of amides is 2. The van der Waals surface area contributed by atoms with Gasteiger partial charge in [-0.3, -0.25) is 14.4 Å². The predicted molar refractivity (Wildman–Crippen MR) is 89.9 cm³/mol. The van der Waals surface area contributed by atoms with Crippen molar-refractivity contribution in [2.75, 3.05) is 13.2 Å². The van der Waals surface area contributed by atoms with Crippen LogP contribution in [0.15, 0.2) is 23.0 Å². The van der Waals surface area contributed by atoms with Gasteiger partial charge in [0, 0.05) is 42.7 Å². The van der Waals surface area contributed by atoms with Crippen LogP contribution in [0.2, 0.25) is 0 Å². The number of rotatable bonds is 4. The SMILES string of the molecule is O=C(NCC(F)(F)F)[C@H]1[C@H](CO)[C@H]2Cn3c(cccc3=O)[C@H]2N1C(=O)C1CC1. The molecule has 0 unspecified atom stereocenters. The summed E-state index contributed by atoms with van der Waals surface area (Å²) in [7, 11) is 0. The Labute approximate surface area is 158 Å². The number of likely N-dealkylation sites (tertiary alicyclic amines) is 1. The molecule has 4 atom stereocenters. The predicted octanol–water partition coefficient (Wildman–Crippen LogP) is 0.427. The Kier molecular flexibility index (Phi) is 4.48. The molecule has 1 aromatic rings. The first-order chi connectivity index (χ1) is 13.2. The number of halogens is 3. The first-order valence-corrected chi connectivity index (χ1v) is 9.20. The van der Waals surface area contributed by atoms with Crippen LogP contribution < -0.4 is 10.9 Å². The van der Waals surface area contributed by atoms with Crippen LogP contribution in [0.3, 0.4) is 0 Å². The van der Waals surface area contributed by atoms with Crippen molar-refractivity contribution in [3.8, 4) is 0 Å². The first kappa shape index (κ1) is 19.0. The molecule has 0 radical (unpaired) electrons. The maximum absolute atomic E-state index is 13.0. The minimum absolute atomic E-state index is 0.211. The zero-order valence-electron chi connectivity index (χ0n) is 14.9. The number of hydrogen-bond donors (Lipinski definition) is 2. The van der Waals surface area contributed by atoms with Gasteiger partial charge in [-0.15, -0.1) is 0 Å². The van der Waals surface area contributed by atoms with Crippen molar-refractivity contribution in [1.82, 2.24) is 14.8 Å². The van der Waals surface area contributed by atoms with E-state index in [1.807, 2.05) is 5.32 Å². The summed E-state index contributed by atoms with van der Waals surface area (Å²) >= 11 is 0. The molecule has 10 heteroatoms.